The highest BCUT2D eigenvalue weighted by Crippen LogP contribution is 2.44. The molecule has 1 aliphatic rings. The number of hydrogen-bond acceptors (Lipinski definition) is 4. The van der Waals surface area contributed by atoms with Gasteiger partial charge in [-0.1, -0.05) is 18.2 Å². The van der Waals surface area contributed by atoms with Crippen LogP contribution in [0.15, 0.2) is 79.0 Å². The predicted octanol–water partition coefficient (Wildman–Crippen LogP) is 5.59. The Bertz CT molecular complexity index is 1440. The van der Waals surface area contributed by atoms with Gasteiger partial charge in [0.2, 0.25) is 0 Å². The van der Waals surface area contributed by atoms with Crippen LogP contribution in [0.5, 0.6) is 0 Å². The van der Waals surface area contributed by atoms with Crippen LogP contribution in [0.1, 0.15) is 45.1 Å². The quantitative estimate of drug-likeness (QED) is 0.285. The van der Waals surface area contributed by atoms with Crippen LogP contribution in [0.25, 0.3) is 5.69 Å². The second-order valence-electron chi connectivity index (χ2n) is 8.65. The summed E-state index contributed by atoms with van der Waals surface area (Å²) >= 11 is 5.73. The van der Waals surface area contributed by atoms with Crippen molar-refractivity contribution in [1.82, 2.24) is 14.9 Å². The van der Waals surface area contributed by atoms with E-state index in [4.69, 9.17) is 17.0 Å². The van der Waals surface area contributed by atoms with Crippen molar-refractivity contribution in [1.29, 1.82) is 0 Å². The minimum absolute atomic E-state index is 0.283. The smallest absolute Gasteiger partial charge is 0.337 e. The molecule has 1 N–H and O–H groups in total. The van der Waals surface area contributed by atoms with Gasteiger partial charge in [0.05, 0.1) is 36.1 Å². The number of halogens is 1. The number of benzene rings is 2. The van der Waals surface area contributed by atoms with E-state index in [2.05, 4.69) is 20.9 Å². The highest BCUT2D eigenvalue weighted by Gasteiger charge is 2.43. The maximum absolute atomic E-state index is 15.0. The molecule has 0 spiro atoms. The third kappa shape index (κ3) is 4.03. The van der Waals surface area contributed by atoms with Gasteiger partial charge in [-0.2, -0.15) is 0 Å². The second kappa shape index (κ2) is 9.54. The number of anilines is 1. The van der Waals surface area contributed by atoms with Crippen LogP contribution in [-0.2, 0) is 4.74 Å². The minimum atomic E-state index is -0.382. The van der Waals surface area contributed by atoms with Gasteiger partial charge >= 0.3 is 5.97 Å². The van der Waals surface area contributed by atoms with Crippen molar-refractivity contribution in [2.45, 2.75) is 25.9 Å². The number of para-hydroxylation sites is 1. The lowest BCUT2D eigenvalue weighted by molar-refractivity contribution is 0.0600. The Kier molecular flexibility index (Phi) is 6.28. The molecular formula is C28H25FN4O2S. The number of nitrogens with zero attached hydrogens (tertiary/aromatic N) is 3. The van der Waals surface area contributed by atoms with E-state index in [1.807, 2.05) is 49.1 Å². The lowest BCUT2D eigenvalue weighted by Crippen LogP contribution is -2.30. The molecule has 8 heteroatoms. The lowest BCUT2D eigenvalue weighted by atomic mass is 9.96. The summed E-state index contributed by atoms with van der Waals surface area (Å²) in [4.78, 5) is 18.3. The van der Waals surface area contributed by atoms with Gasteiger partial charge < -0.3 is 19.5 Å². The number of thiocarbonyl (C=S) groups is 1. The van der Waals surface area contributed by atoms with E-state index < -0.39 is 0 Å². The first kappa shape index (κ1) is 23.7. The molecule has 0 unspecified atom stereocenters. The van der Waals surface area contributed by atoms with Gasteiger partial charge in [0.1, 0.15) is 5.82 Å². The van der Waals surface area contributed by atoms with Gasteiger partial charge in [-0.05, 0) is 86.2 Å². The summed E-state index contributed by atoms with van der Waals surface area (Å²) in [5, 5.41) is 3.82. The molecule has 0 radical (unpaired) electrons. The molecule has 4 aromatic rings. The molecule has 1 aliphatic heterocycles. The molecule has 0 amide bonds. The van der Waals surface area contributed by atoms with Gasteiger partial charge in [0.15, 0.2) is 5.11 Å². The molecule has 2 aromatic heterocycles. The molecule has 0 aliphatic carbocycles. The Balaban J connectivity index is 1.64. The zero-order chi connectivity index (χ0) is 25.4. The van der Waals surface area contributed by atoms with Crippen molar-refractivity contribution in [2.75, 3.05) is 12.0 Å². The average molecular weight is 501 g/mol. The summed E-state index contributed by atoms with van der Waals surface area (Å²) in [6.07, 6.45) is 1.75. The van der Waals surface area contributed by atoms with E-state index in [1.165, 1.54) is 13.2 Å². The van der Waals surface area contributed by atoms with Crippen molar-refractivity contribution in [3.05, 3.63) is 113 Å². The summed E-state index contributed by atoms with van der Waals surface area (Å²) in [5.74, 6) is -0.729. The third-order valence-electron chi connectivity index (χ3n) is 6.55. The van der Waals surface area contributed by atoms with Gasteiger partial charge in [0.25, 0.3) is 0 Å². The Morgan fingerprint density at radius 3 is 2.44 bits per heavy atom. The zero-order valence-electron chi connectivity index (χ0n) is 20.1. The standard InChI is InChI=1S/C28H25FN4O2S/c1-17-16-21(18(2)32(17)20-13-11-19(12-14-20)27(34)35-3)26-25(23-9-6-7-15-30-23)31-28(36)33(26)24-10-5-4-8-22(24)29/h4-16,25-26H,1-3H3,(H,31,36)/t25-,26-/m1/s1. The van der Waals surface area contributed by atoms with Crippen LogP contribution in [-0.4, -0.2) is 27.7 Å². The predicted molar refractivity (Wildman–Crippen MR) is 141 cm³/mol. The Morgan fingerprint density at radius 2 is 1.78 bits per heavy atom. The number of carbonyl (C=O) groups is 1. The molecule has 36 heavy (non-hydrogen) atoms. The average Bonchev–Trinajstić information content (AvgIpc) is 3.39. The first-order valence-corrected chi connectivity index (χ1v) is 11.9. The molecule has 182 valence electrons. The molecule has 0 saturated carbocycles. The van der Waals surface area contributed by atoms with E-state index in [-0.39, 0.29) is 23.9 Å². The number of rotatable bonds is 5. The van der Waals surface area contributed by atoms with E-state index in [0.717, 1.165) is 28.3 Å². The number of aromatic nitrogens is 2. The van der Waals surface area contributed by atoms with Crippen molar-refractivity contribution >= 4 is 29.0 Å². The zero-order valence-corrected chi connectivity index (χ0v) is 20.9. The minimum Gasteiger partial charge on any atom is -0.465 e. The van der Waals surface area contributed by atoms with E-state index in [0.29, 0.717) is 16.4 Å². The number of methoxy groups -OCH3 is 1. The number of carbonyl (C=O) groups excluding carboxylic acids is 1. The SMILES string of the molecule is COC(=O)c1ccc(-n2c(C)cc([C@@H]3[C@@H](c4ccccn4)NC(=S)N3c3ccccc3F)c2C)cc1. The fourth-order valence-electron chi connectivity index (χ4n) is 4.93. The largest absolute Gasteiger partial charge is 0.465 e. The summed E-state index contributed by atoms with van der Waals surface area (Å²) in [6, 6.07) is 21.1. The summed E-state index contributed by atoms with van der Waals surface area (Å²) in [6.45, 7) is 4.06. The van der Waals surface area contributed by atoms with Crippen LogP contribution >= 0.6 is 12.2 Å². The molecule has 5 rings (SSSR count). The van der Waals surface area contributed by atoms with Crippen LogP contribution in [0.4, 0.5) is 10.1 Å². The summed E-state index contributed by atoms with van der Waals surface area (Å²) in [7, 11) is 1.36. The summed E-state index contributed by atoms with van der Waals surface area (Å²) in [5.41, 5.74) is 5.59. The Hall–Kier alpha value is -4.04. The molecular weight excluding hydrogens is 475 g/mol. The number of aryl methyl sites for hydroxylation is 1. The second-order valence-corrected chi connectivity index (χ2v) is 9.04. The fraction of sp³-hybridized carbons (Fsp3) is 0.179. The van der Waals surface area contributed by atoms with Gasteiger partial charge in [-0.25, -0.2) is 9.18 Å². The van der Waals surface area contributed by atoms with Gasteiger partial charge in [0, 0.05) is 23.3 Å². The van der Waals surface area contributed by atoms with Crippen LogP contribution < -0.4 is 10.2 Å². The van der Waals surface area contributed by atoms with Crippen molar-refractivity contribution in [3.8, 4) is 5.69 Å². The van der Waals surface area contributed by atoms with Crippen molar-refractivity contribution in [3.63, 3.8) is 0 Å². The highest BCUT2D eigenvalue weighted by molar-refractivity contribution is 7.80. The number of hydrogen-bond donors (Lipinski definition) is 1. The van der Waals surface area contributed by atoms with Crippen LogP contribution in [0.2, 0.25) is 0 Å². The maximum atomic E-state index is 15.0. The maximum Gasteiger partial charge on any atom is 0.337 e. The topological polar surface area (TPSA) is 59.4 Å². The molecule has 2 atom stereocenters. The lowest BCUT2D eigenvalue weighted by Gasteiger charge is -2.28. The highest BCUT2D eigenvalue weighted by atomic mass is 32.1. The molecule has 1 saturated heterocycles. The number of pyridine rings is 1. The van der Waals surface area contributed by atoms with E-state index >= 15 is 4.39 Å². The number of esters is 1. The van der Waals surface area contributed by atoms with Crippen LogP contribution in [0, 0.1) is 19.7 Å². The van der Waals surface area contributed by atoms with Gasteiger partial charge in [-0.3, -0.25) is 4.98 Å². The normalized spacial score (nSPS) is 17.2. The van der Waals surface area contributed by atoms with Crippen molar-refractivity contribution in [2.24, 2.45) is 0 Å². The number of ether oxygens (including phenoxy) is 1. The number of nitrogens with one attached hydrogen (secondary N) is 1. The van der Waals surface area contributed by atoms with Crippen molar-refractivity contribution < 1.29 is 13.9 Å². The van der Waals surface area contributed by atoms with Crippen LogP contribution in [0.3, 0.4) is 0 Å². The third-order valence-corrected chi connectivity index (χ3v) is 6.86. The molecule has 0 bridgehead atoms. The monoisotopic (exact) mass is 500 g/mol. The molecule has 3 heterocycles. The van der Waals surface area contributed by atoms with E-state index in [1.54, 1.807) is 36.5 Å². The molecule has 2 aromatic carbocycles. The summed E-state index contributed by atoms with van der Waals surface area (Å²) < 4.78 is 22.0. The Morgan fingerprint density at radius 1 is 1.06 bits per heavy atom. The first-order chi connectivity index (χ1) is 17.4. The van der Waals surface area contributed by atoms with E-state index in [9.17, 15) is 4.79 Å². The fourth-order valence-corrected chi connectivity index (χ4v) is 5.27. The molecule has 1 fully saturated rings. The Labute approximate surface area is 214 Å². The first-order valence-electron chi connectivity index (χ1n) is 11.5. The van der Waals surface area contributed by atoms with Gasteiger partial charge in [-0.15, -0.1) is 0 Å². The molecule has 6 nitrogen and oxygen atoms in total.